The predicted molar refractivity (Wildman–Crippen MR) is 88.1 cm³/mol. The summed E-state index contributed by atoms with van der Waals surface area (Å²) in [6.45, 7) is 6.99. The highest BCUT2D eigenvalue weighted by molar-refractivity contribution is 5.62. The molecule has 0 saturated carbocycles. The van der Waals surface area contributed by atoms with Crippen LogP contribution in [0.3, 0.4) is 0 Å². The maximum Gasteiger partial charge on any atom is 0.101 e. The summed E-state index contributed by atoms with van der Waals surface area (Å²) in [4.78, 5) is 2.22. The Kier molecular flexibility index (Phi) is 4.49. The van der Waals surface area contributed by atoms with Crippen LogP contribution in [0.15, 0.2) is 42.5 Å². The zero-order chi connectivity index (χ0) is 15.4. The summed E-state index contributed by atoms with van der Waals surface area (Å²) >= 11 is 0. The van der Waals surface area contributed by atoms with Crippen molar-refractivity contribution in [3.05, 3.63) is 59.2 Å². The molecule has 0 aliphatic heterocycles. The summed E-state index contributed by atoms with van der Waals surface area (Å²) in [6, 6.07) is 16.4. The third-order valence-electron chi connectivity index (χ3n) is 3.60. The van der Waals surface area contributed by atoms with E-state index in [0.717, 1.165) is 22.5 Å². The Labute approximate surface area is 126 Å². The lowest BCUT2D eigenvalue weighted by Gasteiger charge is -2.30. The molecule has 3 nitrogen and oxygen atoms in total. The van der Waals surface area contributed by atoms with Gasteiger partial charge in [0.1, 0.15) is 6.07 Å². The van der Waals surface area contributed by atoms with Gasteiger partial charge in [-0.05, 0) is 50.1 Å². The van der Waals surface area contributed by atoms with Crippen LogP contribution in [-0.4, -0.2) is 6.04 Å². The molecule has 0 spiro atoms. The van der Waals surface area contributed by atoms with Crippen LogP contribution in [0.5, 0.6) is 0 Å². The molecule has 2 rings (SSSR count). The quantitative estimate of drug-likeness (QED) is 0.864. The molecule has 0 fully saturated rings. The van der Waals surface area contributed by atoms with Gasteiger partial charge in [-0.25, -0.2) is 0 Å². The lowest BCUT2D eigenvalue weighted by molar-refractivity contribution is 0.682. The van der Waals surface area contributed by atoms with Gasteiger partial charge in [0.25, 0.3) is 0 Å². The molecule has 0 atom stereocenters. The van der Waals surface area contributed by atoms with Crippen LogP contribution in [-0.2, 0) is 6.54 Å². The number of rotatable bonds is 4. The number of nitrogen functional groups attached to an aromatic ring is 1. The number of anilines is 2. The summed E-state index contributed by atoms with van der Waals surface area (Å²) in [5.74, 6) is 0. The van der Waals surface area contributed by atoms with Crippen molar-refractivity contribution in [1.82, 2.24) is 0 Å². The van der Waals surface area contributed by atoms with Gasteiger partial charge in [-0.2, -0.15) is 5.26 Å². The Morgan fingerprint density at radius 1 is 1.19 bits per heavy atom. The van der Waals surface area contributed by atoms with Crippen LogP contribution >= 0.6 is 0 Å². The summed E-state index contributed by atoms with van der Waals surface area (Å²) in [5, 5.41) is 9.36. The maximum atomic E-state index is 9.36. The van der Waals surface area contributed by atoms with E-state index in [0.29, 0.717) is 12.1 Å². The van der Waals surface area contributed by atoms with Crippen molar-refractivity contribution < 1.29 is 0 Å². The summed E-state index contributed by atoms with van der Waals surface area (Å²) in [7, 11) is 0. The summed E-state index contributed by atoms with van der Waals surface area (Å²) in [5.41, 5.74) is 10.7. The largest absolute Gasteiger partial charge is 0.398 e. The van der Waals surface area contributed by atoms with Crippen molar-refractivity contribution in [1.29, 1.82) is 5.26 Å². The zero-order valence-corrected chi connectivity index (χ0v) is 12.8. The molecule has 21 heavy (non-hydrogen) atoms. The number of aryl methyl sites for hydroxylation is 1. The Hall–Kier alpha value is -2.47. The number of nitrogens with two attached hydrogens (primary N) is 1. The molecular weight excluding hydrogens is 258 g/mol. The molecule has 108 valence electrons. The van der Waals surface area contributed by atoms with E-state index in [2.05, 4.69) is 30.9 Å². The first-order valence-corrected chi connectivity index (χ1v) is 7.13. The van der Waals surface area contributed by atoms with Gasteiger partial charge in [-0.3, -0.25) is 0 Å². The van der Waals surface area contributed by atoms with Gasteiger partial charge in [-0.15, -0.1) is 0 Å². The highest BCUT2D eigenvalue weighted by atomic mass is 15.2. The molecule has 0 saturated heterocycles. The Morgan fingerprint density at radius 3 is 2.52 bits per heavy atom. The lowest BCUT2D eigenvalue weighted by atomic mass is 10.1. The number of nitrogens with zero attached hydrogens (tertiary/aromatic N) is 2. The third kappa shape index (κ3) is 3.35. The van der Waals surface area contributed by atoms with Crippen LogP contribution in [0.4, 0.5) is 11.4 Å². The first-order valence-electron chi connectivity index (χ1n) is 7.13. The number of hydrogen-bond donors (Lipinski definition) is 1. The van der Waals surface area contributed by atoms with Crippen molar-refractivity contribution in [2.24, 2.45) is 0 Å². The molecule has 2 N–H and O–H groups in total. The molecule has 2 aromatic carbocycles. The fourth-order valence-corrected chi connectivity index (χ4v) is 2.38. The standard InChI is InChI=1S/C18H21N3/c1-13(2)21(12-16-6-4-5-7-17(16)20)18-10-14(3)8-9-15(18)11-19/h4-10,13H,12,20H2,1-3H3. The highest BCUT2D eigenvalue weighted by Crippen LogP contribution is 2.27. The number of nitriles is 1. The second-order valence-electron chi connectivity index (χ2n) is 5.55. The fourth-order valence-electron chi connectivity index (χ4n) is 2.38. The Balaban J connectivity index is 2.43. The first kappa shape index (κ1) is 14.9. The van der Waals surface area contributed by atoms with E-state index >= 15 is 0 Å². The molecule has 0 unspecified atom stereocenters. The normalized spacial score (nSPS) is 10.4. The average molecular weight is 279 g/mol. The molecule has 2 aromatic rings. The fraction of sp³-hybridized carbons (Fsp3) is 0.278. The zero-order valence-electron chi connectivity index (χ0n) is 12.8. The lowest BCUT2D eigenvalue weighted by Crippen LogP contribution is -2.31. The average Bonchev–Trinajstić information content (AvgIpc) is 2.46. The molecule has 0 aliphatic carbocycles. The van der Waals surface area contributed by atoms with Crippen LogP contribution in [0, 0.1) is 18.3 Å². The van der Waals surface area contributed by atoms with Crippen molar-refractivity contribution >= 4 is 11.4 Å². The number of benzene rings is 2. The van der Waals surface area contributed by atoms with E-state index in [1.807, 2.05) is 43.3 Å². The van der Waals surface area contributed by atoms with Crippen molar-refractivity contribution in [3.63, 3.8) is 0 Å². The minimum Gasteiger partial charge on any atom is -0.398 e. The summed E-state index contributed by atoms with van der Waals surface area (Å²) in [6.07, 6.45) is 0. The van der Waals surface area contributed by atoms with Gasteiger partial charge >= 0.3 is 0 Å². The molecule has 0 aromatic heterocycles. The highest BCUT2D eigenvalue weighted by Gasteiger charge is 2.16. The second-order valence-corrected chi connectivity index (χ2v) is 5.55. The van der Waals surface area contributed by atoms with E-state index in [9.17, 15) is 5.26 Å². The van der Waals surface area contributed by atoms with Gasteiger partial charge in [0.05, 0.1) is 11.3 Å². The topological polar surface area (TPSA) is 53.0 Å². The van der Waals surface area contributed by atoms with Gasteiger partial charge < -0.3 is 10.6 Å². The molecule has 0 bridgehead atoms. The van der Waals surface area contributed by atoms with Crippen LogP contribution in [0.1, 0.15) is 30.5 Å². The van der Waals surface area contributed by atoms with Gasteiger partial charge in [-0.1, -0.05) is 24.3 Å². The monoisotopic (exact) mass is 279 g/mol. The van der Waals surface area contributed by atoms with Crippen molar-refractivity contribution in [2.75, 3.05) is 10.6 Å². The van der Waals surface area contributed by atoms with Crippen LogP contribution < -0.4 is 10.6 Å². The number of hydrogen-bond acceptors (Lipinski definition) is 3. The molecule has 3 heteroatoms. The Bertz CT molecular complexity index is 668. The number of para-hydroxylation sites is 1. The van der Waals surface area contributed by atoms with Gasteiger partial charge in [0.15, 0.2) is 0 Å². The predicted octanol–water partition coefficient (Wildman–Crippen LogP) is 3.86. The SMILES string of the molecule is Cc1ccc(C#N)c(N(Cc2ccccc2N)C(C)C)c1. The van der Waals surface area contributed by atoms with E-state index in [-0.39, 0.29) is 6.04 Å². The maximum absolute atomic E-state index is 9.36. The van der Waals surface area contributed by atoms with E-state index in [1.54, 1.807) is 0 Å². The first-order chi connectivity index (χ1) is 10.0. The Morgan fingerprint density at radius 2 is 1.90 bits per heavy atom. The summed E-state index contributed by atoms with van der Waals surface area (Å²) < 4.78 is 0. The molecule has 0 amide bonds. The van der Waals surface area contributed by atoms with Crippen molar-refractivity contribution in [3.8, 4) is 6.07 Å². The van der Waals surface area contributed by atoms with E-state index in [4.69, 9.17) is 5.73 Å². The third-order valence-corrected chi connectivity index (χ3v) is 3.60. The van der Waals surface area contributed by atoms with E-state index < -0.39 is 0 Å². The molecule has 0 radical (unpaired) electrons. The molecular formula is C18H21N3. The minimum absolute atomic E-state index is 0.276. The smallest absolute Gasteiger partial charge is 0.101 e. The molecule has 0 heterocycles. The minimum atomic E-state index is 0.276. The van der Waals surface area contributed by atoms with E-state index in [1.165, 1.54) is 0 Å². The van der Waals surface area contributed by atoms with Crippen LogP contribution in [0.2, 0.25) is 0 Å². The van der Waals surface area contributed by atoms with Crippen LogP contribution in [0.25, 0.3) is 0 Å². The van der Waals surface area contributed by atoms with Gasteiger partial charge in [0, 0.05) is 18.3 Å². The van der Waals surface area contributed by atoms with Crippen molar-refractivity contribution in [2.45, 2.75) is 33.4 Å². The van der Waals surface area contributed by atoms with Gasteiger partial charge in [0.2, 0.25) is 0 Å². The molecule has 0 aliphatic rings. The second kappa shape index (κ2) is 6.32.